The van der Waals surface area contributed by atoms with Crippen molar-refractivity contribution < 1.29 is 14.8 Å². The van der Waals surface area contributed by atoms with E-state index in [1.54, 1.807) is 7.05 Å². The van der Waals surface area contributed by atoms with Gasteiger partial charge < -0.3 is 10.4 Å². The Bertz CT molecular complexity index is 520. The smallest absolute Gasteiger partial charge is 0.330 e. The minimum absolute atomic E-state index is 0.128. The maximum absolute atomic E-state index is 11.5. The number of carboxylic acid groups (broad SMARTS) is 1. The monoisotopic (exact) mass is 282 g/mol. The van der Waals surface area contributed by atoms with Crippen molar-refractivity contribution in [2.45, 2.75) is 32.1 Å². The molecule has 0 aliphatic heterocycles. The van der Waals surface area contributed by atoms with E-state index >= 15 is 0 Å². The summed E-state index contributed by atoms with van der Waals surface area (Å²) in [6.07, 6.45) is 5.28. The van der Waals surface area contributed by atoms with Crippen molar-refractivity contribution in [1.82, 2.24) is 9.78 Å². The standard InChI is InChI=1S/C12H18N4O4/c1-15-7-9(16(19)20)10(14-15)13-8-12(11(17)18)5-3-2-4-6-12/h7H,2-6,8H2,1H3,(H,13,14)(H,17,18). The third kappa shape index (κ3) is 2.73. The van der Waals surface area contributed by atoms with E-state index in [9.17, 15) is 20.0 Å². The summed E-state index contributed by atoms with van der Waals surface area (Å²) in [6.45, 7) is 0.167. The highest BCUT2D eigenvalue weighted by Gasteiger charge is 2.40. The fraction of sp³-hybridized carbons (Fsp3) is 0.667. The molecule has 1 heterocycles. The number of rotatable bonds is 5. The topological polar surface area (TPSA) is 110 Å². The zero-order valence-corrected chi connectivity index (χ0v) is 11.3. The zero-order chi connectivity index (χ0) is 14.8. The van der Waals surface area contributed by atoms with E-state index in [1.807, 2.05) is 0 Å². The molecular formula is C12H18N4O4. The van der Waals surface area contributed by atoms with Crippen LogP contribution in [0.15, 0.2) is 6.20 Å². The predicted octanol–water partition coefficient (Wildman–Crippen LogP) is 1.78. The summed E-state index contributed by atoms with van der Waals surface area (Å²) in [5, 5.41) is 27.2. The second-order valence-electron chi connectivity index (χ2n) is 5.29. The van der Waals surface area contributed by atoms with Crippen molar-refractivity contribution in [2.24, 2.45) is 12.5 Å². The highest BCUT2D eigenvalue weighted by Crippen LogP contribution is 2.37. The maximum Gasteiger partial charge on any atom is 0.330 e. The highest BCUT2D eigenvalue weighted by molar-refractivity contribution is 5.75. The molecule has 1 aliphatic carbocycles. The molecule has 1 fully saturated rings. The summed E-state index contributed by atoms with van der Waals surface area (Å²) in [5.74, 6) is -0.716. The molecule has 0 bridgehead atoms. The van der Waals surface area contributed by atoms with Crippen LogP contribution in [0.5, 0.6) is 0 Å². The van der Waals surface area contributed by atoms with Crippen LogP contribution in [0.25, 0.3) is 0 Å². The first-order valence-corrected chi connectivity index (χ1v) is 6.60. The Labute approximate surface area is 115 Å². The largest absolute Gasteiger partial charge is 0.481 e. The maximum atomic E-state index is 11.5. The molecule has 0 atom stereocenters. The van der Waals surface area contributed by atoms with Crippen LogP contribution in [0.1, 0.15) is 32.1 Å². The Kier molecular flexibility index (Phi) is 3.91. The normalized spacial score (nSPS) is 17.6. The van der Waals surface area contributed by atoms with Gasteiger partial charge in [-0.05, 0) is 12.8 Å². The molecule has 1 aromatic rings. The quantitative estimate of drug-likeness (QED) is 0.629. The Morgan fingerprint density at radius 2 is 2.20 bits per heavy atom. The van der Waals surface area contributed by atoms with Crippen LogP contribution >= 0.6 is 0 Å². The Morgan fingerprint density at radius 3 is 2.75 bits per heavy atom. The van der Waals surface area contributed by atoms with Crippen LogP contribution in [-0.2, 0) is 11.8 Å². The second-order valence-corrected chi connectivity index (χ2v) is 5.29. The fourth-order valence-electron chi connectivity index (χ4n) is 2.68. The zero-order valence-electron chi connectivity index (χ0n) is 11.3. The van der Waals surface area contributed by atoms with Gasteiger partial charge in [0.25, 0.3) is 0 Å². The van der Waals surface area contributed by atoms with E-state index < -0.39 is 16.3 Å². The van der Waals surface area contributed by atoms with Gasteiger partial charge in [-0.3, -0.25) is 19.6 Å². The average Bonchev–Trinajstić information content (AvgIpc) is 2.79. The molecule has 0 radical (unpaired) electrons. The SMILES string of the molecule is Cn1cc([N+](=O)[O-])c(NCC2(C(=O)O)CCCCC2)n1. The molecule has 1 aliphatic rings. The van der Waals surface area contributed by atoms with Gasteiger partial charge in [0.2, 0.25) is 5.82 Å². The van der Waals surface area contributed by atoms with E-state index in [0.29, 0.717) is 12.8 Å². The van der Waals surface area contributed by atoms with Gasteiger partial charge in [-0.1, -0.05) is 19.3 Å². The summed E-state index contributed by atoms with van der Waals surface area (Å²) in [6, 6.07) is 0. The van der Waals surface area contributed by atoms with Gasteiger partial charge in [-0.15, -0.1) is 5.10 Å². The van der Waals surface area contributed by atoms with Crippen LogP contribution < -0.4 is 5.32 Å². The molecule has 0 saturated heterocycles. The number of carboxylic acids is 1. The summed E-state index contributed by atoms with van der Waals surface area (Å²) in [5.41, 5.74) is -0.979. The lowest BCUT2D eigenvalue weighted by atomic mass is 9.74. The lowest BCUT2D eigenvalue weighted by Gasteiger charge is -2.33. The first-order chi connectivity index (χ1) is 9.44. The number of nitrogens with one attached hydrogen (secondary N) is 1. The minimum atomic E-state index is -0.844. The number of carbonyl (C=O) groups is 1. The van der Waals surface area contributed by atoms with E-state index in [-0.39, 0.29) is 18.1 Å². The highest BCUT2D eigenvalue weighted by atomic mass is 16.6. The third-order valence-electron chi connectivity index (χ3n) is 3.86. The molecule has 2 N–H and O–H groups in total. The molecule has 0 unspecified atom stereocenters. The van der Waals surface area contributed by atoms with E-state index in [1.165, 1.54) is 10.9 Å². The van der Waals surface area contributed by atoms with Gasteiger partial charge in [-0.25, -0.2) is 0 Å². The fourth-order valence-corrected chi connectivity index (χ4v) is 2.68. The third-order valence-corrected chi connectivity index (χ3v) is 3.86. The van der Waals surface area contributed by atoms with Crippen LogP contribution in [-0.4, -0.2) is 32.3 Å². The molecule has 0 aromatic carbocycles. The van der Waals surface area contributed by atoms with E-state index in [2.05, 4.69) is 10.4 Å². The van der Waals surface area contributed by atoms with Gasteiger partial charge in [0, 0.05) is 13.6 Å². The molecule has 1 aromatic heterocycles. The molecule has 8 heteroatoms. The number of hydrogen-bond donors (Lipinski definition) is 2. The summed E-state index contributed by atoms with van der Waals surface area (Å²) >= 11 is 0. The van der Waals surface area contributed by atoms with Crippen LogP contribution in [0.4, 0.5) is 11.5 Å². The minimum Gasteiger partial charge on any atom is -0.481 e. The summed E-state index contributed by atoms with van der Waals surface area (Å²) in [4.78, 5) is 21.9. The first-order valence-electron chi connectivity index (χ1n) is 6.60. The van der Waals surface area contributed by atoms with Crippen LogP contribution in [0.2, 0.25) is 0 Å². The number of nitro groups is 1. The average molecular weight is 282 g/mol. The summed E-state index contributed by atoms with van der Waals surface area (Å²) < 4.78 is 1.34. The van der Waals surface area contributed by atoms with Crippen molar-refractivity contribution in [2.75, 3.05) is 11.9 Å². The predicted molar refractivity (Wildman–Crippen MR) is 71.5 cm³/mol. The van der Waals surface area contributed by atoms with Gasteiger partial charge in [0.1, 0.15) is 6.20 Å². The van der Waals surface area contributed by atoms with Crippen molar-refractivity contribution in [3.63, 3.8) is 0 Å². The van der Waals surface area contributed by atoms with Crippen molar-refractivity contribution in [3.05, 3.63) is 16.3 Å². The van der Waals surface area contributed by atoms with Crippen molar-refractivity contribution in [3.8, 4) is 0 Å². The van der Waals surface area contributed by atoms with Crippen LogP contribution in [0.3, 0.4) is 0 Å². The number of hydrogen-bond acceptors (Lipinski definition) is 5. The van der Waals surface area contributed by atoms with E-state index in [0.717, 1.165) is 19.3 Å². The molecular weight excluding hydrogens is 264 g/mol. The van der Waals surface area contributed by atoms with Crippen molar-refractivity contribution >= 4 is 17.5 Å². The second kappa shape index (κ2) is 5.48. The molecule has 2 rings (SSSR count). The summed E-state index contributed by atoms with van der Waals surface area (Å²) in [7, 11) is 1.59. The molecule has 8 nitrogen and oxygen atoms in total. The van der Waals surface area contributed by atoms with Crippen LogP contribution in [0, 0.1) is 15.5 Å². The van der Waals surface area contributed by atoms with Gasteiger partial charge in [0.15, 0.2) is 0 Å². The number of nitrogens with zero attached hydrogens (tertiary/aromatic N) is 3. The Hall–Kier alpha value is -2.12. The van der Waals surface area contributed by atoms with Gasteiger partial charge >= 0.3 is 11.7 Å². The Balaban J connectivity index is 2.14. The molecule has 1 saturated carbocycles. The Morgan fingerprint density at radius 1 is 1.55 bits per heavy atom. The molecule has 0 amide bonds. The number of aliphatic carboxylic acids is 1. The number of aryl methyl sites for hydroxylation is 1. The molecule has 0 spiro atoms. The van der Waals surface area contributed by atoms with Gasteiger partial charge in [-0.2, -0.15) is 0 Å². The number of aromatic nitrogens is 2. The van der Waals surface area contributed by atoms with Crippen molar-refractivity contribution in [1.29, 1.82) is 0 Å². The van der Waals surface area contributed by atoms with Gasteiger partial charge in [0.05, 0.1) is 10.3 Å². The lowest BCUT2D eigenvalue weighted by molar-refractivity contribution is -0.384. The molecule has 20 heavy (non-hydrogen) atoms. The molecule has 110 valence electrons. The lowest BCUT2D eigenvalue weighted by Crippen LogP contribution is -2.39. The number of anilines is 1. The first kappa shape index (κ1) is 14.3. The van der Waals surface area contributed by atoms with E-state index in [4.69, 9.17) is 0 Å².